The summed E-state index contributed by atoms with van der Waals surface area (Å²) in [5.41, 5.74) is 2.28. The van der Waals surface area contributed by atoms with Crippen LogP contribution in [0.3, 0.4) is 0 Å². The summed E-state index contributed by atoms with van der Waals surface area (Å²) in [6.45, 7) is 16.3. The van der Waals surface area contributed by atoms with E-state index in [1.807, 2.05) is 6.92 Å². The molecular weight excluding hydrogens is 364 g/mol. The predicted octanol–water partition coefficient (Wildman–Crippen LogP) is 3.20. The molecular formula is C23H40N4O2. The van der Waals surface area contributed by atoms with Gasteiger partial charge < -0.3 is 25.0 Å². The molecule has 1 aromatic carbocycles. The van der Waals surface area contributed by atoms with Crippen LogP contribution >= 0.6 is 0 Å². The highest BCUT2D eigenvalue weighted by atomic mass is 16.5. The molecule has 1 unspecified atom stereocenters. The van der Waals surface area contributed by atoms with Crippen LogP contribution < -0.4 is 15.4 Å². The molecule has 1 saturated heterocycles. The van der Waals surface area contributed by atoms with Crippen molar-refractivity contribution >= 4 is 5.96 Å². The highest BCUT2D eigenvalue weighted by Gasteiger charge is 2.21. The number of ether oxygens (including phenoxy) is 2. The summed E-state index contributed by atoms with van der Waals surface area (Å²) in [5, 5.41) is 6.91. The maximum Gasteiger partial charge on any atom is 0.191 e. The van der Waals surface area contributed by atoms with Gasteiger partial charge in [0.05, 0.1) is 13.2 Å². The number of likely N-dealkylation sites (tertiary alicyclic amines) is 1. The molecule has 1 aliphatic heterocycles. The van der Waals surface area contributed by atoms with Crippen molar-refractivity contribution in [3.05, 3.63) is 29.3 Å². The van der Waals surface area contributed by atoms with Gasteiger partial charge in [-0.15, -0.1) is 0 Å². The Morgan fingerprint density at radius 2 is 2.07 bits per heavy atom. The molecule has 2 rings (SSSR count). The molecule has 6 nitrogen and oxygen atoms in total. The summed E-state index contributed by atoms with van der Waals surface area (Å²) in [7, 11) is 0. The van der Waals surface area contributed by atoms with E-state index in [4.69, 9.17) is 14.5 Å². The van der Waals surface area contributed by atoms with E-state index < -0.39 is 0 Å². The first-order valence-electron chi connectivity index (χ1n) is 11.2. The van der Waals surface area contributed by atoms with E-state index in [1.165, 1.54) is 38.0 Å². The van der Waals surface area contributed by atoms with Crippen LogP contribution in [0, 0.1) is 12.8 Å². The molecule has 2 N–H and O–H groups in total. The molecule has 1 atom stereocenters. The highest BCUT2D eigenvalue weighted by molar-refractivity contribution is 5.79. The summed E-state index contributed by atoms with van der Waals surface area (Å²) in [5.74, 6) is 2.47. The van der Waals surface area contributed by atoms with Crippen molar-refractivity contribution in [1.29, 1.82) is 0 Å². The Hall–Kier alpha value is -1.79. The number of nitrogens with zero attached hydrogens (tertiary/aromatic N) is 2. The average Bonchev–Trinajstić information content (AvgIpc) is 3.16. The second-order valence-corrected chi connectivity index (χ2v) is 7.69. The zero-order chi connectivity index (χ0) is 20.9. The fourth-order valence-electron chi connectivity index (χ4n) is 3.63. The zero-order valence-electron chi connectivity index (χ0n) is 18.8. The predicted molar refractivity (Wildman–Crippen MR) is 121 cm³/mol. The van der Waals surface area contributed by atoms with Crippen molar-refractivity contribution in [2.24, 2.45) is 10.9 Å². The molecule has 0 aromatic heterocycles. The monoisotopic (exact) mass is 404 g/mol. The Bertz CT molecular complexity index is 621. The molecule has 1 aromatic rings. The maximum absolute atomic E-state index is 5.95. The van der Waals surface area contributed by atoms with Crippen molar-refractivity contribution in [3.63, 3.8) is 0 Å². The van der Waals surface area contributed by atoms with Crippen LogP contribution in [0.25, 0.3) is 0 Å². The number of hydrogen-bond donors (Lipinski definition) is 2. The normalized spacial score (nSPS) is 17.5. The Balaban J connectivity index is 1.91. The third kappa shape index (κ3) is 8.62. The molecule has 1 heterocycles. The van der Waals surface area contributed by atoms with Crippen molar-refractivity contribution in [1.82, 2.24) is 15.5 Å². The number of guanidine groups is 1. The van der Waals surface area contributed by atoms with E-state index in [0.29, 0.717) is 32.3 Å². The van der Waals surface area contributed by atoms with Gasteiger partial charge in [0, 0.05) is 31.8 Å². The van der Waals surface area contributed by atoms with Crippen molar-refractivity contribution in [3.8, 4) is 5.75 Å². The van der Waals surface area contributed by atoms with Gasteiger partial charge in [0.15, 0.2) is 5.96 Å². The lowest BCUT2D eigenvalue weighted by Gasteiger charge is -2.17. The molecule has 29 heavy (non-hydrogen) atoms. The van der Waals surface area contributed by atoms with Crippen molar-refractivity contribution in [2.45, 2.75) is 47.1 Å². The minimum Gasteiger partial charge on any atom is -0.491 e. The summed E-state index contributed by atoms with van der Waals surface area (Å²) in [6.07, 6.45) is 2.50. The lowest BCUT2D eigenvalue weighted by Crippen LogP contribution is -2.40. The number of aryl methyl sites for hydroxylation is 1. The van der Waals surface area contributed by atoms with Gasteiger partial charge in [-0.3, -0.25) is 0 Å². The standard InChI is InChI=1S/C23H40N4O2/c1-5-11-27-12-10-20(18-27)16-25-23(24-6-2)26-17-21-9-8-19(4)15-22(21)29-14-13-28-7-3/h8-9,15,20H,5-7,10-14,16-18H2,1-4H3,(H2,24,25,26). The Morgan fingerprint density at radius 1 is 1.21 bits per heavy atom. The Kier molecular flexibility index (Phi) is 10.9. The van der Waals surface area contributed by atoms with Crippen LogP contribution in [-0.2, 0) is 11.3 Å². The second kappa shape index (κ2) is 13.4. The summed E-state index contributed by atoms with van der Waals surface area (Å²) < 4.78 is 11.3. The van der Waals surface area contributed by atoms with E-state index >= 15 is 0 Å². The molecule has 164 valence electrons. The largest absolute Gasteiger partial charge is 0.491 e. The van der Waals surface area contributed by atoms with Crippen LogP contribution in [0.5, 0.6) is 5.75 Å². The van der Waals surface area contributed by atoms with E-state index in [1.54, 1.807) is 0 Å². The van der Waals surface area contributed by atoms with Gasteiger partial charge in [0.1, 0.15) is 12.4 Å². The number of hydrogen-bond acceptors (Lipinski definition) is 4. The molecule has 0 amide bonds. The van der Waals surface area contributed by atoms with E-state index in [0.717, 1.165) is 30.4 Å². The van der Waals surface area contributed by atoms with Crippen LogP contribution in [-0.4, -0.2) is 63.4 Å². The summed E-state index contributed by atoms with van der Waals surface area (Å²) in [6, 6.07) is 6.30. The fourth-order valence-corrected chi connectivity index (χ4v) is 3.63. The van der Waals surface area contributed by atoms with Crippen LogP contribution in [0.15, 0.2) is 23.2 Å². The average molecular weight is 405 g/mol. The second-order valence-electron chi connectivity index (χ2n) is 7.69. The van der Waals surface area contributed by atoms with Crippen molar-refractivity contribution in [2.75, 3.05) is 52.5 Å². The minimum atomic E-state index is 0.558. The van der Waals surface area contributed by atoms with Crippen molar-refractivity contribution < 1.29 is 9.47 Å². The van der Waals surface area contributed by atoms with E-state index in [-0.39, 0.29) is 0 Å². The van der Waals surface area contributed by atoms with Crippen LogP contribution in [0.2, 0.25) is 0 Å². The molecule has 0 saturated carbocycles. The first-order chi connectivity index (χ1) is 14.2. The first-order valence-corrected chi connectivity index (χ1v) is 11.2. The Labute approximate surface area is 177 Å². The third-order valence-corrected chi connectivity index (χ3v) is 5.13. The maximum atomic E-state index is 5.95. The molecule has 0 bridgehead atoms. The number of rotatable bonds is 12. The fraction of sp³-hybridized carbons (Fsp3) is 0.696. The van der Waals surface area contributed by atoms with Gasteiger partial charge >= 0.3 is 0 Å². The number of nitrogens with one attached hydrogen (secondary N) is 2. The Morgan fingerprint density at radius 3 is 2.83 bits per heavy atom. The zero-order valence-corrected chi connectivity index (χ0v) is 18.8. The van der Waals surface area contributed by atoms with Gasteiger partial charge in [0.25, 0.3) is 0 Å². The lowest BCUT2D eigenvalue weighted by atomic mass is 10.1. The highest BCUT2D eigenvalue weighted by Crippen LogP contribution is 2.21. The van der Waals surface area contributed by atoms with Gasteiger partial charge in [-0.05, 0) is 64.3 Å². The van der Waals surface area contributed by atoms with Crippen LogP contribution in [0.4, 0.5) is 0 Å². The molecule has 0 radical (unpaired) electrons. The smallest absolute Gasteiger partial charge is 0.191 e. The SMILES string of the molecule is CCCN1CCC(CNC(=NCc2ccc(C)cc2OCCOCC)NCC)C1. The third-order valence-electron chi connectivity index (χ3n) is 5.13. The quantitative estimate of drug-likeness (QED) is 0.318. The summed E-state index contributed by atoms with van der Waals surface area (Å²) >= 11 is 0. The molecule has 6 heteroatoms. The summed E-state index contributed by atoms with van der Waals surface area (Å²) in [4.78, 5) is 7.37. The van der Waals surface area contributed by atoms with Gasteiger partial charge in [0.2, 0.25) is 0 Å². The minimum absolute atomic E-state index is 0.558. The van der Waals surface area contributed by atoms with Crippen LogP contribution in [0.1, 0.15) is 44.7 Å². The van der Waals surface area contributed by atoms with E-state index in [2.05, 4.69) is 54.5 Å². The number of aliphatic imine (C=N–C) groups is 1. The molecule has 0 spiro atoms. The van der Waals surface area contributed by atoms with Gasteiger partial charge in [-0.2, -0.15) is 0 Å². The van der Waals surface area contributed by atoms with Gasteiger partial charge in [-0.25, -0.2) is 4.99 Å². The molecule has 0 aliphatic carbocycles. The van der Waals surface area contributed by atoms with E-state index in [9.17, 15) is 0 Å². The lowest BCUT2D eigenvalue weighted by molar-refractivity contribution is 0.110. The molecule has 1 fully saturated rings. The van der Waals surface area contributed by atoms with Gasteiger partial charge in [-0.1, -0.05) is 19.1 Å². The first kappa shape index (κ1) is 23.5. The molecule has 1 aliphatic rings. The number of benzene rings is 1. The topological polar surface area (TPSA) is 58.1 Å².